The van der Waals surface area contributed by atoms with Crippen LogP contribution in [0.25, 0.3) is 0 Å². The molecule has 0 saturated carbocycles. The third-order valence-electron chi connectivity index (χ3n) is 4.22. The summed E-state index contributed by atoms with van der Waals surface area (Å²) in [4.78, 5) is 10.7. The quantitative estimate of drug-likeness (QED) is 0.427. The Kier molecular flexibility index (Phi) is 6.39. The molecule has 11 heteroatoms. The summed E-state index contributed by atoms with van der Waals surface area (Å²) < 4.78 is 56.6. The van der Waals surface area contributed by atoms with E-state index in [1.54, 1.807) is 31.2 Å². The van der Waals surface area contributed by atoms with Gasteiger partial charge in [-0.15, -0.1) is 0 Å². The third-order valence-corrected chi connectivity index (χ3v) is 7.65. The van der Waals surface area contributed by atoms with E-state index in [9.17, 15) is 21.6 Å². The molecule has 0 amide bonds. The van der Waals surface area contributed by atoms with Gasteiger partial charge in [0.15, 0.2) is 0 Å². The molecule has 0 fully saturated rings. The summed E-state index contributed by atoms with van der Waals surface area (Å²) in [7, 11) is -8.14. The molecule has 3 N–H and O–H groups in total. The Morgan fingerprint density at radius 1 is 0.839 bits per heavy atom. The van der Waals surface area contributed by atoms with Crippen LogP contribution in [-0.4, -0.2) is 27.9 Å². The summed E-state index contributed by atoms with van der Waals surface area (Å²) in [6.07, 6.45) is 0. The molecule has 8 nitrogen and oxygen atoms in total. The average Bonchev–Trinajstić information content (AvgIpc) is 2.71. The number of carbonyl (C=O) groups is 1. The van der Waals surface area contributed by atoms with Crippen LogP contribution < -0.4 is 9.44 Å². The summed E-state index contributed by atoms with van der Waals surface area (Å²) in [6.45, 7) is 1.59. The van der Waals surface area contributed by atoms with Crippen LogP contribution in [0.4, 0.5) is 11.4 Å². The topological polar surface area (TPSA) is 130 Å². The van der Waals surface area contributed by atoms with Crippen molar-refractivity contribution in [3.63, 3.8) is 0 Å². The van der Waals surface area contributed by atoms with E-state index in [1.807, 2.05) is 0 Å². The second-order valence-corrected chi connectivity index (χ2v) is 10.8. The number of carboxylic acid groups (broad SMARTS) is 1. The number of hydrogen-bond acceptors (Lipinski definition) is 5. The van der Waals surface area contributed by atoms with Crippen LogP contribution in [0, 0.1) is 6.92 Å². The highest BCUT2D eigenvalue weighted by atomic mass is 79.9. The molecule has 31 heavy (non-hydrogen) atoms. The van der Waals surface area contributed by atoms with Crippen LogP contribution in [0.1, 0.15) is 15.9 Å². The van der Waals surface area contributed by atoms with Crippen LogP contribution in [0.2, 0.25) is 0 Å². The second-order valence-electron chi connectivity index (χ2n) is 6.53. The second kappa shape index (κ2) is 8.69. The highest BCUT2D eigenvalue weighted by Gasteiger charge is 2.21. The van der Waals surface area contributed by atoms with Crippen LogP contribution in [0.3, 0.4) is 0 Å². The predicted molar refractivity (Wildman–Crippen MR) is 120 cm³/mol. The Balaban J connectivity index is 1.92. The fraction of sp³-hybridized carbons (Fsp3) is 0.0500. The smallest absolute Gasteiger partial charge is 0.335 e. The van der Waals surface area contributed by atoms with Gasteiger partial charge < -0.3 is 5.11 Å². The van der Waals surface area contributed by atoms with Crippen molar-refractivity contribution < 1.29 is 26.7 Å². The monoisotopic (exact) mass is 524 g/mol. The number of nitrogens with one attached hydrogen (secondary N) is 2. The maximum atomic E-state index is 12.8. The predicted octanol–water partition coefficient (Wildman–Crippen LogP) is 4.06. The molecule has 0 saturated heterocycles. The standard InChI is InChI=1S/C20H17BrN2O6S2/c1-13-5-8-17(23-30(26,27)18-4-2-3-14(11-18)20(24)25)12-19(13)31(28,29)22-16-9-6-15(21)7-10-16/h2-12,22-23H,1H3,(H,24,25). The molecule has 0 bridgehead atoms. The van der Waals surface area contributed by atoms with Crippen molar-refractivity contribution in [1.29, 1.82) is 0 Å². The van der Waals surface area contributed by atoms with E-state index in [2.05, 4.69) is 25.4 Å². The molecule has 0 spiro atoms. The number of aromatic carboxylic acids is 1. The van der Waals surface area contributed by atoms with Gasteiger partial charge in [0.2, 0.25) is 0 Å². The number of halogens is 1. The Bertz CT molecular complexity index is 1350. The van der Waals surface area contributed by atoms with E-state index in [4.69, 9.17) is 5.11 Å². The molecule has 0 aliphatic rings. The van der Waals surface area contributed by atoms with E-state index in [0.29, 0.717) is 11.3 Å². The molecule has 162 valence electrons. The lowest BCUT2D eigenvalue weighted by atomic mass is 10.2. The molecule has 0 aromatic heterocycles. The number of carboxylic acids is 1. The largest absolute Gasteiger partial charge is 0.478 e. The molecule has 0 heterocycles. The highest BCUT2D eigenvalue weighted by Crippen LogP contribution is 2.25. The Hall–Kier alpha value is -2.89. The van der Waals surface area contributed by atoms with Gasteiger partial charge in [-0.3, -0.25) is 9.44 Å². The minimum atomic E-state index is -4.14. The van der Waals surface area contributed by atoms with Crippen LogP contribution in [0.5, 0.6) is 0 Å². The van der Waals surface area contributed by atoms with Crippen molar-refractivity contribution in [2.45, 2.75) is 16.7 Å². The van der Waals surface area contributed by atoms with Gasteiger partial charge in [-0.1, -0.05) is 28.1 Å². The number of benzene rings is 3. The Morgan fingerprint density at radius 3 is 2.10 bits per heavy atom. The lowest BCUT2D eigenvalue weighted by Gasteiger charge is -2.14. The van der Waals surface area contributed by atoms with Crippen molar-refractivity contribution in [3.8, 4) is 0 Å². The Morgan fingerprint density at radius 2 is 1.45 bits per heavy atom. The van der Waals surface area contributed by atoms with Crippen LogP contribution in [0.15, 0.2) is 81.0 Å². The first-order chi connectivity index (χ1) is 14.5. The van der Waals surface area contributed by atoms with E-state index >= 15 is 0 Å². The SMILES string of the molecule is Cc1ccc(NS(=O)(=O)c2cccc(C(=O)O)c2)cc1S(=O)(=O)Nc1ccc(Br)cc1. The molecular formula is C20H17BrN2O6S2. The molecule has 0 aliphatic heterocycles. The zero-order chi connectivity index (χ0) is 22.8. The molecule has 3 rings (SSSR count). The minimum absolute atomic E-state index is 0.0162. The molecule has 0 atom stereocenters. The van der Waals surface area contributed by atoms with Crippen LogP contribution in [-0.2, 0) is 20.0 Å². The summed E-state index contributed by atoms with van der Waals surface area (Å²) in [5, 5.41) is 9.07. The zero-order valence-electron chi connectivity index (χ0n) is 16.0. The first kappa shape index (κ1) is 22.8. The fourth-order valence-corrected chi connectivity index (χ4v) is 5.38. The maximum Gasteiger partial charge on any atom is 0.335 e. The number of aryl methyl sites for hydroxylation is 1. The van der Waals surface area contributed by atoms with Gasteiger partial charge >= 0.3 is 5.97 Å². The summed E-state index contributed by atoms with van der Waals surface area (Å²) in [6, 6.07) is 15.5. The summed E-state index contributed by atoms with van der Waals surface area (Å²) in [5.41, 5.74) is 0.593. The summed E-state index contributed by atoms with van der Waals surface area (Å²) >= 11 is 3.28. The van der Waals surface area contributed by atoms with Gasteiger partial charge in [0, 0.05) is 10.2 Å². The van der Waals surface area contributed by atoms with Gasteiger partial charge in [0.1, 0.15) is 0 Å². The van der Waals surface area contributed by atoms with Crippen molar-refractivity contribution in [3.05, 3.63) is 82.3 Å². The van der Waals surface area contributed by atoms with Crippen LogP contribution >= 0.6 is 15.9 Å². The van der Waals surface area contributed by atoms with Crippen molar-refractivity contribution in [2.75, 3.05) is 9.44 Å². The van der Waals surface area contributed by atoms with Crippen molar-refractivity contribution in [1.82, 2.24) is 0 Å². The lowest BCUT2D eigenvalue weighted by molar-refractivity contribution is 0.0696. The lowest BCUT2D eigenvalue weighted by Crippen LogP contribution is -2.17. The molecule has 3 aromatic carbocycles. The first-order valence-corrected chi connectivity index (χ1v) is 12.5. The fourth-order valence-electron chi connectivity index (χ4n) is 2.69. The van der Waals surface area contributed by atoms with E-state index < -0.39 is 26.0 Å². The number of sulfonamides is 2. The Labute approximate surface area is 188 Å². The molecule has 0 aliphatic carbocycles. The summed E-state index contributed by atoms with van der Waals surface area (Å²) in [5.74, 6) is -1.26. The molecule has 0 unspecified atom stereocenters. The van der Waals surface area contributed by atoms with E-state index in [0.717, 1.165) is 10.5 Å². The van der Waals surface area contributed by atoms with Crippen molar-refractivity contribution >= 4 is 53.3 Å². The van der Waals surface area contributed by atoms with Crippen molar-refractivity contribution in [2.24, 2.45) is 0 Å². The van der Waals surface area contributed by atoms with Gasteiger partial charge in [-0.2, -0.15) is 0 Å². The zero-order valence-corrected chi connectivity index (χ0v) is 19.3. The normalized spacial score (nSPS) is 11.7. The van der Waals surface area contributed by atoms with E-state index in [-0.39, 0.29) is 21.0 Å². The van der Waals surface area contributed by atoms with Gasteiger partial charge in [-0.05, 0) is 67.1 Å². The number of anilines is 2. The number of rotatable bonds is 7. The van der Waals surface area contributed by atoms with Gasteiger partial charge in [-0.25, -0.2) is 21.6 Å². The van der Waals surface area contributed by atoms with Gasteiger partial charge in [0.05, 0.1) is 21.0 Å². The first-order valence-electron chi connectivity index (χ1n) is 8.73. The molecular weight excluding hydrogens is 508 g/mol. The maximum absolute atomic E-state index is 12.8. The average molecular weight is 525 g/mol. The minimum Gasteiger partial charge on any atom is -0.478 e. The highest BCUT2D eigenvalue weighted by molar-refractivity contribution is 9.10. The van der Waals surface area contributed by atoms with Gasteiger partial charge in [0.25, 0.3) is 20.0 Å². The number of hydrogen-bond donors (Lipinski definition) is 3. The molecule has 0 radical (unpaired) electrons. The third kappa shape index (κ3) is 5.43. The molecule has 3 aromatic rings. The van der Waals surface area contributed by atoms with E-state index in [1.165, 1.54) is 36.4 Å².